The van der Waals surface area contributed by atoms with Crippen LogP contribution >= 0.6 is 0 Å². The van der Waals surface area contributed by atoms with Crippen LogP contribution in [0.4, 0.5) is 0 Å². The van der Waals surface area contributed by atoms with E-state index in [9.17, 15) is 9.59 Å². The standard InChI is InChI=1S/C13H14N4O4/c1-21-9-4-2-8(3-5-9)6-10-12(13(19)20)15-16-17(10)7-11(14)18/h2-5H,6-7H2,1H3,(H2,14,18)(H,19,20). The highest BCUT2D eigenvalue weighted by atomic mass is 16.5. The van der Waals surface area contributed by atoms with Gasteiger partial charge in [0.2, 0.25) is 5.91 Å². The second-order valence-electron chi connectivity index (χ2n) is 4.34. The summed E-state index contributed by atoms with van der Waals surface area (Å²) in [7, 11) is 1.56. The maximum absolute atomic E-state index is 11.2. The van der Waals surface area contributed by atoms with Crippen LogP contribution in [0.1, 0.15) is 21.7 Å². The summed E-state index contributed by atoms with van der Waals surface area (Å²) in [4.78, 5) is 22.2. The molecule has 8 nitrogen and oxygen atoms in total. The van der Waals surface area contributed by atoms with Gasteiger partial charge in [-0.25, -0.2) is 9.48 Å². The molecule has 110 valence electrons. The number of hydrogen-bond acceptors (Lipinski definition) is 5. The van der Waals surface area contributed by atoms with E-state index >= 15 is 0 Å². The van der Waals surface area contributed by atoms with Crippen LogP contribution < -0.4 is 10.5 Å². The fourth-order valence-electron chi connectivity index (χ4n) is 1.89. The number of benzene rings is 1. The lowest BCUT2D eigenvalue weighted by Crippen LogP contribution is -2.21. The van der Waals surface area contributed by atoms with Gasteiger partial charge in [-0.05, 0) is 17.7 Å². The third-order valence-corrected chi connectivity index (χ3v) is 2.88. The van der Waals surface area contributed by atoms with E-state index in [1.807, 2.05) is 0 Å². The van der Waals surface area contributed by atoms with Crippen LogP contribution in [0.25, 0.3) is 0 Å². The van der Waals surface area contributed by atoms with Crippen LogP contribution in [0.2, 0.25) is 0 Å². The molecule has 0 saturated heterocycles. The summed E-state index contributed by atoms with van der Waals surface area (Å²) in [5, 5.41) is 16.4. The molecule has 0 saturated carbocycles. The average molecular weight is 290 g/mol. The van der Waals surface area contributed by atoms with Crippen LogP contribution in [-0.4, -0.2) is 39.1 Å². The van der Waals surface area contributed by atoms with Gasteiger partial charge in [-0.15, -0.1) is 5.10 Å². The lowest BCUT2D eigenvalue weighted by atomic mass is 10.1. The van der Waals surface area contributed by atoms with Gasteiger partial charge in [-0.2, -0.15) is 0 Å². The molecule has 8 heteroatoms. The van der Waals surface area contributed by atoms with Crippen LogP contribution in [0, 0.1) is 0 Å². The van der Waals surface area contributed by atoms with Crippen molar-refractivity contribution in [1.29, 1.82) is 0 Å². The van der Waals surface area contributed by atoms with Gasteiger partial charge in [0.05, 0.1) is 12.8 Å². The van der Waals surface area contributed by atoms with Gasteiger partial charge in [0.1, 0.15) is 12.3 Å². The Hall–Kier alpha value is -2.90. The molecule has 1 heterocycles. The summed E-state index contributed by atoms with van der Waals surface area (Å²) in [6.45, 7) is -0.216. The van der Waals surface area contributed by atoms with Crippen molar-refractivity contribution in [3.63, 3.8) is 0 Å². The normalized spacial score (nSPS) is 10.3. The van der Waals surface area contributed by atoms with Crippen LogP contribution in [0.5, 0.6) is 5.75 Å². The predicted octanol–water partition coefficient (Wildman–Crippen LogP) is 0.0610. The number of carbonyl (C=O) groups is 2. The number of primary amides is 1. The number of amides is 1. The summed E-state index contributed by atoms with van der Waals surface area (Å²) in [5.74, 6) is -1.12. The fraction of sp³-hybridized carbons (Fsp3) is 0.231. The van der Waals surface area contributed by atoms with Crippen molar-refractivity contribution in [3.05, 3.63) is 41.2 Å². The number of ether oxygens (including phenoxy) is 1. The molecule has 0 atom stereocenters. The van der Waals surface area contributed by atoms with E-state index in [1.165, 1.54) is 4.68 Å². The summed E-state index contributed by atoms with van der Waals surface area (Å²) in [6.07, 6.45) is 0.270. The quantitative estimate of drug-likeness (QED) is 0.776. The van der Waals surface area contributed by atoms with Crippen LogP contribution in [0.15, 0.2) is 24.3 Å². The van der Waals surface area contributed by atoms with E-state index < -0.39 is 11.9 Å². The van der Waals surface area contributed by atoms with Crippen molar-refractivity contribution in [3.8, 4) is 5.75 Å². The second kappa shape index (κ2) is 6.04. The molecule has 1 aromatic heterocycles. The second-order valence-corrected chi connectivity index (χ2v) is 4.34. The van der Waals surface area contributed by atoms with Gasteiger partial charge in [-0.1, -0.05) is 17.3 Å². The number of carboxylic acids is 1. The number of rotatable bonds is 6. The molecule has 3 N–H and O–H groups in total. The molecule has 0 fully saturated rings. The number of carboxylic acid groups (broad SMARTS) is 1. The highest BCUT2D eigenvalue weighted by molar-refractivity contribution is 5.86. The first kappa shape index (κ1) is 14.5. The number of hydrogen-bond donors (Lipinski definition) is 2. The molecule has 0 aliphatic heterocycles. The van der Waals surface area contributed by atoms with E-state index in [4.69, 9.17) is 15.6 Å². The number of aromatic nitrogens is 3. The highest BCUT2D eigenvalue weighted by Gasteiger charge is 2.20. The summed E-state index contributed by atoms with van der Waals surface area (Å²) in [6, 6.07) is 7.12. The Morgan fingerprint density at radius 3 is 2.52 bits per heavy atom. The molecule has 0 spiro atoms. The third-order valence-electron chi connectivity index (χ3n) is 2.88. The minimum absolute atomic E-state index is 0.188. The van der Waals surface area contributed by atoms with Crippen molar-refractivity contribution in [2.75, 3.05) is 7.11 Å². The maximum Gasteiger partial charge on any atom is 0.358 e. The number of nitrogens with zero attached hydrogens (tertiary/aromatic N) is 3. The van der Waals surface area contributed by atoms with Crippen molar-refractivity contribution < 1.29 is 19.4 Å². The topological polar surface area (TPSA) is 120 Å². The molecule has 2 aromatic rings. The number of carbonyl (C=O) groups excluding carboxylic acids is 1. The molecule has 1 amide bonds. The largest absolute Gasteiger partial charge is 0.497 e. The Morgan fingerprint density at radius 2 is 2.00 bits per heavy atom. The molecule has 0 unspecified atom stereocenters. The average Bonchev–Trinajstić information content (AvgIpc) is 2.82. The Morgan fingerprint density at radius 1 is 1.33 bits per heavy atom. The van der Waals surface area contributed by atoms with E-state index in [-0.39, 0.29) is 18.7 Å². The number of nitrogens with two attached hydrogens (primary N) is 1. The molecule has 2 rings (SSSR count). The Labute approximate surface area is 120 Å². The predicted molar refractivity (Wildman–Crippen MR) is 72.0 cm³/mol. The maximum atomic E-state index is 11.2. The zero-order valence-corrected chi connectivity index (χ0v) is 11.3. The van der Waals surface area contributed by atoms with Crippen molar-refractivity contribution in [2.45, 2.75) is 13.0 Å². The van der Waals surface area contributed by atoms with Gasteiger partial charge >= 0.3 is 5.97 Å². The van der Waals surface area contributed by atoms with Gasteiger partial charge in [-0.3, -0.25) is 4.79 Å². The highest BCUT2D eigenvalue weighted by Crippen LogP contribution is 2.16. The zero-order valence-electron chi connectivity index (χ0n) is 11.3. The molecule has 0 aliphatic rings. The lowest BCUT2D eigenvalue weighted by molar-refractivity contribution is -0.118. The van der Waals surface area contributed by atoms with Crippen molar-refractivity contribution in [2.24, 2.45) is 5.73 Å². The summed E-state index contributed by atoms with van der Waals surface area (Å²) < 4.78 is 6.26. The first-order valence-electron chi connectivity index (χ1n) is 6.08. The minimum Gasteiger partial charge on any atom is -0.497 e. The SMILES string of the molecule is COc1ccc(Cc2c(C(=O)O)nnn2CC(N)=O)cc1. The molecular weight excluding hydrogens is 276 g/mol. The Kier molecular flexibility index (Phi) is 4.17. The minimum atomic E-state index is -1.20. The summed E-state index contributed by atoms with van der Waals surface area (Å²) >= 11 is 0. The van der Waals surface area contributed by atoms with Crippen molar-refractivity contribution in [1.82, 2.24) is 15.0 Å². The molecule has 0 bridgehead atoms. The van der Waals surface area contributed by atoms with Gasteiger partial charge < -0.3 is 15.6 Å². The van der Waals surface area contributed by atoms with Crippen LogP contribution in [-0.2, 0) is 17.8 Å². The van der Waals surface area contributed by atoms with Crippen LogP contribution in [0.3, 0.4) is 0 Å². The Balaban J connectivity index is 2.33. The molecule has 0 aliphatic carbocycles. The Bertz CT molecular complexity index is 663. The first-order chi connectivity index (χ1) is 10.0. The smallest absolute Gasteiger partial charge is 0.358 e. The van der Waals surface area contributed by atoms with E-state index in [2.05, 4.69) is 10.3 Å². The van der Waals surface area contributed by atoms with Gasteiger partial charge in [0, 0.05) is 6.42 Å². The molecular formula is C13H14N4O4. The summed E-state index contributed by atoms with van der Waals surface area (Å²) in [5.41, 5.74) is 6.10. The van der Waals surface area contributed by atoms with Gasteiger partial charge in [0.25, 0.3) is 0 Å². The molecule has 21 heavy (non-hydrogen) atoms. The number of aromatic carboxylic acids is 1. The van der Waals surface area contributed by atoms with Crippen molar-refractivity contribution >= 4 is 11.9 Å². The monoisotopic (exact) mass is 290 g/mol. The van der Waals surface area contributed by atoms with E-state index in [0.717, 1.165) is 5.56 Å². The molecule has 0 radical (unpaired) electrons. The van der Waals surface area contributed by atoms with E-state index in [1.54, 1.807) is 31.4 Å². The number of methoxy groups -OCH3 is 1. The van der Waals surface area contributed by atoms with E-state index in [0.29, 0.717) is 11.4 Å². The fourth-order valence-corrected chi connectivity index (χ4v) is 1.89. The first-order valence-corrected chi connectivity index (χ1v) is 6.08. The lowest BCUT2D eigenvalue weighted by Gasteiger charge is -2.06. The molecule has 1 aromatic carbocycles. The third kappa shape index (κ3) is 3.35. The zero-order chi connectivity index (χ0) is 15.4. The van der Waals surface area contributed by atoms with Gasteiger partial charge in [0.15, 0.2) is 5.69 Å².